The number of carbonyl (C=O) groups is 2. The van der Waals surface area contributed by atoms with E-state index in [0.29, 0.717) is 31.2 Å². The zero-order valence-electron chi connectivity index (χ0n) is 14.1. The van der Waals surface area contributed by atoms with E-state index in [-0.39, 0.29) is 11.3 Å². The van der Waals surface area contributed by atoms with Crippen LogP contribution in [0.2, 0.25) is 0 Å². The largest absolute Gasteiger partial charge is 0.341 e. The first-order valence-electron chi connectivity index (χ1n) is 9.43. The molecule has 1 spiro atoms. The first-order chi connectivity index (χ1) is 10.6. The topological polar surface area (TPSA) is 37.4 Å². The lowest BCUT2D eigenvalue weighted by atomic mass is 9.76. The van der Waals surface area contributed by atoms with Gasteiger partial charge in [-0.15, -0.1) is 0 Å². The second-order valence-corrected chi connectivity index (χ2v) is 8.06. The van der Waals surface area contributed by atoms with Crippen LogP contribution in [0.25, 0.3) is 0 Å². The van der Waals surface area contributed by atoms with Crippen LogP contribution in [0.1, 0.15) is 77.6 Å². The first kappa shape index (κ1) is 16.0. The third-order valence-electron chi connectivity index (χ3n) is 6.40. The van der Waals surface area contributed by atoms with Crippen molar-refractivity contribution in [3.63, 3.8) is 0 Å². The van der Waals surface area contributed by atoms with Gasteiger partial charge in [-0.05, 0) is 25.2 Å². The van der Waals surface area contributed by atoms with Crippen LogP contribution in [0.3, 0.4) is 0 Å². The molecule has 22 heavy (non-hydrogen) atoms. The first-order valence-corrected chi connectivity index (χ1v) is 9.43. The summed E-state index contributed by atoms with van der Waals surface area (Å²) >= 11 is 0. The second kappa shape index (κ2) is 6.72. The molecule has 1 atom stereocenters. The van der Waals surface area contributed by atoms with E-state index in [9.17, 15) is 9.59 Å². The molecule has 0 aromatic heterocycles. The van der Waals surface area contributed by atoms with Gasteiger partial charge in [0.2, 0.25) is 5.91 Å². The number of ketones is 1. The van der Waals surface area contributed by atoms with Crippen molar-refractivity contribution in [3.05, 3.63) is 0 Å². The summed E-state index contributed by atoms with van der Waals surface area (Å²) in [6.45, 7) is 3.47. The Morgan fingerprint density at radius 1 is 1.18 bits per heavy atom. The Balaban J connectivity index is 1.58. The average molecular weight is 305 g/mol. The molecule has 3 nitrogen and oxygen atoms in total. The number of hydrogen-bond donors (Lipinski definition) is 0. The van der Waals surface area contributed by atoms with E-state index < -0.39 is 0 Å². The van der Waals surface area contributed by atoms with Gasteiger partial charge in [0.15, 0.2) is 0 Å². The molecule has 0 aromatic rings. The highest BCUT2D eigenvalue weighted by Gasteiger charge is 2.45. The van der Waals surface area contributed by atoms with Gasteiger partial charge in [-0.2, -0.15) is 0 Å². The van der Waals surface area contributed by atoms with E-state index >= 15 is 0 Å². The van der Waals surface area contributed by atoms with Crippen molar-refractivity contribution in [2.75, 3.05) is 13.1 Å². The van der Waals surface area contributed by atoms with Crippen LogP contribution in [0.4, 0.5) is 0 Å². The summed E-state index contributed by atoms with van der Waals surface area (Å²) < 4.78 is 0. The molecule has 1 heterocycles. The van der Waals surface area contributed by atoms with Crippen molar-refractivity contribution < 1.29 is 9.59 Å². The summed E-state index contributed by atoms with van der Waals surface area (Å²) in [6, 6.07) is 0. The summed E-state index contributed by atoms with van der Waals surface area (Å²) in [5.41, 5.74) is -0.168. The van der Waals surface area contributed by atoms with E-state index in [2.05, 4.69) is 6.92 Å². The number of amides is 1. The zero-order valence-corrected chi connectivity index (χ0v) is 14.1. The fraction of sp³-hybridized carbons (Fsp3) is 0.895. The van der Waals surface area contributed by atoms with Gasteiger partial charge in [0.05, 0.1) is 0 Å². The molecule has 3 fully saturated rings. The van der Waals surface area contributed by atoms with Gasteiger partial charge in [0.1, 0.15) is 5.78 Å². The molecule has 0 aromatic carbocycles. The van der Waals surface area contributed by atoms with Gasteiger partial charge in [-0.3, -0.25) is 9.59 Å². The molecule has 2 saturated carbocycles. The molecule has 3 heteroatoms. The van der Waals surface area contributed by atoms with Gasteiger partial charge >= 0.3 is 0 Å². The van der Waals surface area contributed by atoms with E-state index in [4.69, 9.17) is 0 Å². The molecule has 3 aliphatic rings. The van der Waals surface area contributed by atoms with Gasteiger partial charge in [-0.25, -0.2) is 0 Å². The van der Waals surface area contributed by atoms with Crippen LogP contribution in [0, 0.1) is 17.3 Å². The smallest absolute Gasteiger partial charge is 0.225 e. The highest BCUT2D eigenvalue weighted by Crippen LogP contribution is 2.43. The van der Waals surface area contributed by atoms with Crippen LogP contribution < -0.4 is 0 Å². The Morgan fingerprint density at radius 2 is 1.86 bits per heavy atom. The van der Waals surface area contributed by atoms with E-state index in [1.54, 1.807) is 0 Å². The van der Waals surface area contributed by atoms with Crippen molar-refractivity contribution >= 4 is 11.7 Å². The molecular formula is C19H31NO2. The monoisotopic (exact) mass is 305 g/mol. The Morgan fingerprint density at radius 3 is 2.55 bits per heavy atom. The van der Waals surface area contributed by atoms with E-state index in [0.717, 1.165) is 38.0 Å². The van der Waals surface area contributed by atoms with Crippen LogP contribution >= 0.6 is 0 Å². The van der Waals surface area contributed by atoms with Crippen molar-refractivity contribution in [1.29, 1.82) is 0 Å². The van der Waals surface area contributed by atoms with Gasteiger partial charge < -0.3 is 4.90 Å². The molecule has 0 N–H and O–H groups in total. The minimum absolute atomic E-state index is 0.134. The molecule has 3 rings (SSSR count). The average Bonchev–Trinajstić information content (AvgIpc) is 3.00. The maximum Gasteiger partial charge on any atom is 0.225 e. The van der Waals surface area contributed by atoms with Gasteiger partial charge in [-0.1, -0.05) is 51.9 Å². The third kappa shape index (κ3) is 3.23. The number of likely N-dealkylation sites (tertiary alicyclic amines) is 1. The predicted octanol–water partition coefficient (Wildman–Crippen LogP) is 3.95. The predicted molar refractivity (Wildman–Crippen MR) is 87.5 cm³/mol. The molecular weight excluding hydrogens is 274 g/mol. The lowest BCUT2D eigenvalue weighted by Gasteiger charge is -2.40. The molecule has 1 aliphatic heterocycles. The lowest BCUT2D eigenvalue weighted by Crippen LogP contribution is -2.51. The summed E-state index contributed by atoms with van der Waals surface area (Å²) in [4.78, 5) is 27.2. The molecule has 2 aliphatic carbocycles. The molecule has 124 valence electrons. The van der Waals surface area contributed by atoms with Gasteiger partial charge in [0, 0.05) is 30.8 Å². The van der Waals surface area contributed by atoms with Crippen LogP contribution in [0.5, 0.6) is 0 Å². The van der Waals surface area contributed by atoms with Crippen LogP contribution in [-0.4, -0.2) is 29.7 Å². The van der Waals surface area contributed by atoms with Crippen molar-refractivity contribution in [2.45, 2.75) is 77.6 Å². The van der Waals surface area contributed by atoms with Crippen LogP contribution in [0.15, 0.2) is 0 Å². The van der Waals surface area contributed by atoms with Gasteiger partial charge in [0.25, 0.3) is 0 Å². The Labute approximate surface area is 134 Å². The fourth-order valence-electron chi connectivity index (χ4n) is 5.05. The lowest BCUT2D eigenvalue weighted by molar-refractivity contribution is -0.145. The van der Waals surface area contributed by atoms with Crippen molar-refractivity contribution in [1.82, 2.24) is 4.90 Å². The number of carbonyl (C=O) groups excluding carboxylic acids is 2. The normalized spacial score (nSPS) is 27.3. The zero-order chi connectivity index (χ0) is 15.6. The molecule has 0 bridgehead atoms. The Hall–Kier alpha value is -0.860. The fourth-order valence-corrected chi connectivity index (χ4v) is 5.05. The number of nitrogens with zero attached hydrogens (tertiary/aromatic N) is 1. The quantitative estimate of drug-likeness (QED) is 0.791. The third-order valence-corrected chi connectivity index (χ3v) is 6.40. The van der Waals surface area contributed by atoms with Crippen molar-refractivity contribution in [2.24, 2.45) is 17.3 Å². The van der Waals surface area contributed by atoms with Crippen molar-refractivity contribution in [3.8, 4) is 0 Å². The summed E-state index contributed by atoms with van der Waals surface area (Å²) in [6.07, 6.45) is 12.6. The number of hydrogen-bond acceptors (Lipinski definition) is 2. The van der Waals surface area contributed by atoms with E-state index in [1.165, 1.54) is 32.1 Å². The summed E-state index contributed by atoms with van der Waals surface area (Å²) in [5.74, 6) is 1.62. The van der Waals surface area contributed by atoms with E-state index in [1.807, 2.05) is 4.90 Å². The maximum atomic E-state index is 12.8. The maximum absolute atomic E-state index is 12.8. The molecule has 0 radical (unpaired) electrons. The number of rotatable bonds is 3. The second-order valence-electron chi connectivity index (χ2n) is 8.06. The number of Topliss-reactive ketones (excluding diaryl/α,β-unsaturated/α-hetero) is 1. The number of piperidine rings is 1. The Kier molecular flexibility index (Phi) is 4.89. The Bertz CT molecular complexity index is 419. The highest BCUT2D eigenvalue weighted by molar-refractivity contribution is 5.89. The molecule has 1 unspecified atom stereocenters. The molecule has 1 saturated heterocycles. The minimum atomic E-state index is -0.168. The SMILES string of the molecule is CC(CC1CCCCC1)C(=O)N1CCC(=O)C2(CCCC2)C1. The molecule has 1 amide bonds. The summed E-state index contributed by atoms with van der Waals surface area (Å²) in [5, 5.41) is 0. The standard InChI is InChI=1S/C19H31NO2/c1-15(13-16-7-3-2-4-8-16)18(22)20-12-9-17(21)19(14-20)10-5-6-11-19/h15-16H,2-14H2,1H3. The summed E-state index contributed by atoms with van der Waals surface area (Å²) in [7, 11) is 0. The van der Waals surface area contributed by atoms with Crippen LogP contribution in [-0.2, 0) is 9.59 Å². The minimum Gasteiger partial charge on any atom is -0.341 e. The highest BCUT2D eigenvalue weighted by atomic mass is 16.2.